The number of rotatable bonds is 4. The fraction of sp³-hybridized carbons (Fsp3) is 1.00. The molecule has 0 saturated heterocycles. The molecule has 0 spiro atoms. The van der Waals surface area contributed by atoms with Gasteiger partial charge in [0.15, 0.2) is 0 Å². The lowest BCUT2D eigenvalue weighted by Crippen LogP contribution is -2.40. The van der Waals surface area contributed by atoms with E-state index >= 15 is 0 Å². The van der Waals surface area contributed by atoms with Crippen molar-refractivity contribution in [3.63, 3.8) is 0 Å². The highest BCUT2D eigenvalue weighted by atomic mass is 32.3. The molecular formula is C10H25NS. The Morgan fingerprint density at radius 2 is 1.67 bits per heavy atom. The summed E-state index contributed by atoms with van der Waals surface area (Å²) in [4.78, 5) is 0. The molecule has 2 heteroatoms. The maximum atomic E-state index is 3.29. The van der Waals surface area contributed by atoms with E-state index in [1.165, 1.54) is 0 Å². The summed E-state index contributed by atoms with van der Waals surface area (Å²) in [6.45, 7) is 10.5. The summed E-state index contributed by atoms with van der Waals surface area (Å²) in [7, 11) is 1.54. The third-order valence-corrected chi connectivity index (χ3v) is 8.55. The molecule has 12 heavy (non-hydrogen) atoms. The molecule has 0 rings (SSSR count). The molecule has 76 valence electrons. The van der Waals surface area contributed by atoms with E-state index in [1.54, 1.807) is 0 Å². The van der Waals surface area contributed by atoms with Gasteiger partial charge in [0.25, 0.3) is 0 Å². The molecule has 0 aromatic rings. The van der Waals surface area contributed by atoms with Gasteiger partial charge in [0, 0.05) is 11.3 Å². The third kappa shape index (κ3) is 2.40. The first-order valence-electron chi connectivity index (χ1n) is 4.62. The van der Waals surface area contributed by atoms with Gasteiger partial charge in [-0.2, -0.15) is 0 Å². The van der Waals surface area contributed by atoms with Crippen LogP contribution in [0.2, 0.25) is 0 Å². The van der Waals surface area contributed by atoms with Crippen molar-refractivity contribution in [1.29, 1.82) is 0 Å². The second-order valence-corrected chi connectivity index (χ2v) is 9.60. The summed E-state index contributed by atoms with van der Waals surface area (Å²) in [5, 5.41) is 4.10. The van der Waals surface area contributed by atoms with Crippen LogP contribution in [0.1, 0.15) is 27.7 Å². The van der Waals surface area contributed by atoms with Crippen molar-refractivity contribution in [2.45, 2.75) is 37.7 Å². The zero-order chi connectivity index (χ0) is 9.99. The number of hydrogen-bond donors (Lipinski definition) is 1. The van der Waals surface area contributed by atoms with Gasteiger partial charge in [0.2, 0.25) is 0 Å². The third-order valence-electron chi connectivity index (χ3n) is 3.21. The monoisotopic (exact) mass is 191 g/mol. The van der Waals surface area contributed by atoms with Crippen LogP contribution >= 0.6 is 10.0 Å². The molecule has 0 bridgehead atoms. The Morgan fingerprint density at radius 3 is 1.92 bits per heavy atom. The van der Waals surface area contributed by atoms with Crippen molar-refractivity contribution in [2.75, 3.05) is 26.1 Å². The van der Waals surface area contributed by atoms with Crippen LogP contribution < -0.4 is 5.32 Å². The van der Waals surface area contributed by atoms with E-state index < -0.39 is 10.0 Å². The van der Waals surface area contributed by atoms with Crippen molar-refractivity contribution in [1.82, 2.24) is 5.32 Å². The Labute approximate surface area is 79.6 Å². The van der Waals surface area contributed by atoms with Gasteiger partial charge in [-0.3, -0.25) is 0 Å². The Kier molecular flexibility index (Phi) is 4.12. The van der Waals surface area contributed by atoms with Gasteiger partial charge in [0.1, 0.15) is 0 Å². The lowest BCUT2D eigenvalue weighted by Gasteiger charge is -2.50. The van der Waals surface area contributed by atoms with E-state index in [0.29, 0.717) is 4.75 Å². The molecule has 0 aromatic heterocycles. The second-order valence-electron chi connectivity index (χ2n) is 4.74. The van der Waals surface area contributed by atoms with E-state index in [1.807, 2.05) is 7.05 Å². The molecule has 0 atom stereocenters. The molecule has 0 aliphatic carbocycles. The van der Waals surface area contributed by atoms with Gasteiger partial charge in [-0.1, -0.05) is 27.7 Å². The summed E-state index contributed by atoms with van der Waals surface area (Å²) in [6.07, 6.45) is 4.88. The highest BCUT2D eigenvalue weighted by molar-refractivity contribution is 8.34. The average molecular weight is 191 g/mol. The minimum Gasteiger partial charge on any atom is -0.318 e. The van der Waals surface area contributed by atoms with Gasteiger partial charge >= 0.3 is 0 Å². The minimum absolute atomic E-state index is 0.440. The van der Waals surface area contributed by atoms with Gasteiger partial charge in [-0.15, -0.1) is 0 Å². The lowest BCUT2D eigenvalue weighted by atomic mass is 10.2. The molecular weight excluding hydrogens is 166 g/mol. The van der Waals surface area contributed by atoms with Gasteiger partial charge in [0.05, 0.1) is 0 Å². The quantitative estimate of drug-likeness (QED) is 0.720. The Hall–Kier alpha value is 0.310. The fourth-order valence-corrected chi connectivity index (χ4v) is 3.04. The first kappa shape index (κ1) is 12.3. The first-order chi connectivity index (χ1) is 5.25. The zero-order valence-corrected chi connectivity index (χ0v) is 10.5. The van der Waals surface area contributed by atoms with E-state index in [4.69, 9.17) is 0 Å². The van der Waals surface area contributed by atoms with Crippen LogP contribution in [0.5, 0.6) is 0 Å². The Morgan fingerprint density at radius 1 is 1.25 bits per heavy atom. The number of nitrogens with one attached hydrogen (secondary N) is 1. The molecule has 1 N–H and O–H groups in total. The fourth-order valence-electron chi connectivity index (χ4n) is 1.25. The van der Waals surface area contributed by atoms with Crippen molar-refractivity contribution < 1.29 is 0 Å². The van der Waals surface area contributed by atoms with Crippen LogP contribution in [0, 0.1) is 0 Å². The van der Waals surface area contributed by atoms with Gasteiger partial charge < -0.3 is 5.32 Å². The minimum atomic E-state index is -0.501. The Bertz CT molecular complexity index is 139. The maximum absolute atomic E-state index is 3.29. The summed E-state index contributed by atoms with van der Waals surface area (Å²) >= 11 is 0. The van der Waals surface area contributed by atoms with Crippen molar-refractivity contribution in [3.05, 3.63) is 0 Å². The molecule has 1 nitrogen and oxygen atoms in total. The van der Waals surface area contributed by atoms with Crippen molar-refractivity contribution in [2.24, 2.45) is 0 Å². The first-order valence-corrected chi connectivity index (χ1v) is 7.13. The average Bonchev–Trinajstić information content (AvgIpc) is 1.86. The molecule has 0 heterocycles. The Balaban J connectivity index is 4.50. The standard InChI is InChI=1S/C10H25NS/c1-9(2)12(6,7)10(3,4)8-11-5/h9,11H,8H2,1-7H3. The van der Waals surface area contributed by atoms with Crippen LogP contribution in [0.3, 0.4) is 0 Å². The smallest absolute Gasteiger partial charge is 0.00762 e. The summed E-state index contributed by atoms with van der Waals surface area (Å²) in [5.41, 5.74) is 0. The van der Waals surface area contributed by atoms with Crippen molar-refractivity contribution in [3.8, 4) is 0 Å². The molecule has 0 radical (unpaired) electrons. The molecule has 0 aliphatic rings. The summed E-state index contributed by atoms with van der Waals surface area (Å²) < 4.78 is 0.440. The highest BCUT2D eigenvalue weighted by Gasteiger charge is 2.33. The van der Waals surface area contributed by atoms with E-state index in [2.05, 4.69) is 45.5 Å². The normalized spacial score (nSPS) is 15.3. The maximum Gasteiger partial charge on any atom is 0.00762 e. The van der Waals surface area contributed by atoms with Gasteiger partial charge in [-0.25, -0.2) is 10.0 Å². The van der Waals surface area contributed by atoms with E-state index in [0.717, 1.165) is 11.8 Å². The topological polar surface area (TPSA) is 12.0 Å². The van der Waals surface area contributed by atoms with E-state index in [-0.39, 0.29) is 0 Å². The predicted molar refractivity (Wildman–Crippen MR) is 62.6 cm³/mol. The molecule has 0 amide bonds. The van der Waals surface area contributed by atoms with Crippen LogP contribution in [0.15, 0.2) is 0 Å². The predicted octanol–water partition coefficient (Wildman–Crippen LogP) is 2.46. The lowest BCUT2D eigenvalue weighted by molar-refractivity contribution is 0.630. The zero-order valence-electron chi connectivity index (χ0n) is 9.69. The van der Waals surface area contributed by atoms with Crippen LogP contribution in [0.4, 0.5) is 0 Å². The summed E-state index contributed by atoms with van der Waals surface area (Å²) in [5.74, 6) is 0. The van der Waals surface area contributed by atoms with Crippen LogP contribution in [-0.4, -0.2) is 36.1 Å². The molecule has 0 fully saturated rings. The van der Waals surface area contributed by atoms with Gasteiger partial charge in [-0.05, 0) is 24.8 Å². The molecule has 0 saturated carbocycles. The highest BCUT2D eigenvalue weighted by Crippen LogP contribution is 2.56. The summed E-state index contributed by atoms with van der Waals surface area (Å²) in [6, 6.07) is 0. The largest absolute Gasteiger partial charge is 0.318 e. The molecule has 0 aromatic carbocycles. The second kappa shape index (κ2) is 4.01. The number of hydrogen-bond acceptors (Lipinski definition) is 1. The molecule has 0 aliphatic heterocycles. The van der Waals surface area contributed by atoms with E-state index in [9.17, 15) is 0 Å². The van der Waals surface area contributed by atoms with Crippen molar-refractivity contribution >= 4 is 10.0 Å². The van der Waals surface area contributed by atoms with Crippen LogP contribution in [-0.2, 0) is 0 Å². The SMILES string of the molecule is CNCC(C)(C)S(C)(C)C(C)C. The molecule has 0 unspecified atom stereocenters. The van der Waals surface area contributed by atoms with Crippen LogP contribution in [0.25, 0.3) is 0 Å².